The maximum Gasteiger partial charge on any atom is 0.243 e. The smallest absolute Gasteiger partial charge is 0.243 e. The molecule has 0 saturated carbocycles. The molecule has 1 fully saturated rings. The lowest BCUT2D eigenvalue weighted by Gasteiger charge is -2.26. The van der Waals surface area contributed by atoms with E-state index in [4.69, 9.17) is 0 Å². The fraction of sp³-hybridized carbons (Fsp3) is 0.538. The molecular weight excluding hydrogens is 283 g/mol. The number of rotatable bonds is 4. The number of likely N-dealkylation sites (N-methyl/N-ethyl adjacent to an activating group) is 1. The minimum Gasteiger partial charge on any atom is -0.387 e. The molecule has 20 heavy (non-hydrogen) atoms. The molecule has 1 aromatic rings. The molecule has 1 aliphatic rings. The molecule has 1 saturated heterocycles. The molecule has 112 valence electrons. The summed E-state index contributed by atoms with van der Waals surface area (Å²) in [5, 5.41) is 10.4. The van der Waals surface area contributed by atoms with Gasteiger partial charge < -0.3 is 10.0 Å². The highest BCUT2D eigenvalue weighted by Gasteiger charge is 2.41. The van der Waals surface area contributed by atoms with E-state index in [0.717, 1.165) is 12.1 Å². The molecule has 1 unspecified atom stereocenters. The third kappa shape index (κ3) is 3.17. The van der Waals surface area contributed by atoms with Crippen molar-refractivity contribution in [2.45, 2.75) is 16.9 Å². The number of β-amino-alcohol motifs (C(OH)–C–C–N with tert-alkyl or cyclic N) is 1. The van der Waals surface area contributed by atoms with Gasteiger partial charge in [-0.05, 0) is 44.8 Å². The molecule has 1 N–H and O–H groups in total. The van der Waals surface area contributed by atoms with Crippen molar-refractivity contribution in [3.05, 3.63) is 30.1 Å². The predicted molar refractivity (Wildman–Crippen MR) is 73.3 cm³/mol. The summed E-state index contributed by atoms with van der Waals surface area (Å²) in [4.78, 5) is 1.88. The Hall–Kier alpha value is -1.02. The standard InChI is InChI=1S/C13H19FN2O3S/c1-15(2)9-13(17)7-8-16(10-13)20(18,19)12-5-3-11(14)4-6-12/h3-6,17H,7-10H2,1-2H3. The highest BCUT2D eigenvalue weighted by Crippen LogP contribution is 2.27. The van der Waals surface area contributed by atoms with Gasteiger partial charge in [-0.3, -0.25) is 0 Å². The normalized spacial score (nSPS) is 24.4. The van der Waals surface area contributed by atoms with E-state index < -0.39 is 21.4 Å². The largest absolute Gasteiger partial charge is 0.387 e. The number of hydrogen-bond acceptors (Lipinski definition) is 4. The fourth-order valence-corrected chi connectivity index (χ4v) is 4.02. The quantitative estimate of drug-likeness (QED) is 0.880. The van der Waals surface area contributed by atoms with Crippen molar-refractivity contribution in [1.82, 2.24) is 9.21 Å². The summed E-state index contributed by atoms with van der Waals surface area (Å²) < 4.78 is 38.9. The van der Waals surface area contributed by atoms with Crippen LogP contribution in [-0.2, 0) is 10.0 Å². The van der Waals surface area contributed by atoms with E-state index in [1.165, 1.54) is 16.4 Å². The maximum absolute atomic E-state index is 12.9. The van der Waals surface area contributed by atoms with Gasteiger partial charge in [0.25, 0.3) is 0 Å². The van der Waals surface area contributed by atoms with Crippen LogP contribution in [0.25, 0.3) is 0 Å². The Morgan fingerprint density at radius 3 is 2.50 bits per heavy atom. The summed E-state index contributed by atoms with van der Waals surface area (Å²) in [6.07, 6.45) is 0.394. The average Bonchev–Trinajstić information content (AvgIpc) is 2.71. The first-order chi connectivity index (χ1) is 9.23. The van der Waals surface area contributed by atoms with Crippen LogP contribution in [0.3, 0.4) is 0 Å². The van der Waals surface area contributed by atoms with Crippen LogP contribution >= 0.6 is 0 Å². The number of hydrogen-bond donors (Lipinski definition) is 1. The number of nitrogens with zero attached hydrogens (tertiary/aromatic N) is 2. The topological polar surface area (TPSA) is 60.9 Å². The molecule has 1 heterocycles. The summed E-state index contributed by atoms with van der Waals surface area (Å²) >= 11 is 0. The monoisotopic (exact) mass is 302 g/mol. The highest BCUT2D eigenvalue weighted by molar-refractivity contribution is 7.89. The van der Waals surface area contributed by atoms with Crippen molar-refractivity contribution >= 4 is 10.0 Å². The van der Waals surface area contributed by atoms with Crippen molar-refractivity contribution in [3.8, 4) is 0 Å². The second-order valence-corrected chi connectivity index (χ2v) is 7.44. The van der Waals surface area contributed by atoms with Gasteiger partial charge >= 0.3 is 0 Å². The number of halogens is 1. The maximum atomic E-state index is 12.9. The Kier molecular flexibility index (Phi) is 4.15. The van der Waals surface area contributed by atoms with Gasteiger partial charge in [0.1, 0.15) is 5.82 Å². The van der Waals surface area contributed by atoms with Crippen LogP contribution in [-0.4, -0.2) is 62.1 Å². The number of aliphatic hydroxyl groups is 1. The first-order valence-electron chi connectivity index (χ1n) is 6.36. The third-order valence-electron chi connectivity index (χ3n) is 3.36. The van der Waals surface area contributed by atoms with E-state index in [1.807, 2.05) is 19.0 Å². The molecule has 0 bridgehead atoms. The molecule has 0 radical (unpaired) electrons. The Bertz CT molecular complexity index is 574. The van der Waals surface area contributed by atoms with Crippen molar-refractivity contribution in [2.24, 2.45) is 0 Å². The minimum atomic E-state index is -3.67. The second-order valence-electron chi connectivity index (χ2n) is 5.50. The summed E-state index contributed by atoms with van der Waals surface area (Å²) in [5.41, 5.74) is -1.03. The molecule has 0 amide bonds. The molecule has 1 atom stereocenters. The molecule has 7 heteroatoms. The van der Waals surface area contributed by atoms with Crippen LogP contribution in [0.2, 0.25) is 0 Å². The van der Waals surface area contributed by atoms with Gasteiger partial charge in [-0.15, -0.1) is 0 Å². The van der Waals surface area contributed by atoms with Gasteiger partial charge in [0.15, 0.2) is 0 Å². The van der Waals surface area contributed by atoms with Crippen molar-refractivity contribution in [2.75, 3.05) is 33.7 Å². The Labute approximate surface area is 118 Å². The lowest BCUT2D eigenvalue weighted by Crippen LogP contribution is -2.43. The van der Waals surface area contributed by atoms with Gasteiger partial charge in [0.05, 0.1) is 10.5 Å². The predicted octanol–water partition coefficient (Wildman–Crippen LogP) is 0.513. The zero-order valence-corrected chi connectivity index (χ0v) is 12.4. The van der Waals surface area contributed by atoms with E-state index in [9.17, 15) is 17.9 Å². The lowest BCUT2D eigenvalue weighted by molar-refractivity contribution is 0.0302. The molecule has 1 aromatic carbocycles. The molecule has 2 rings (SSSR count). The molecule has 0 aromatic heterocycles. The van der Waals surface area contributed by atoms with Gasteiger partial charge in [-0.25, -0.2) is 12.8 Å². The number of benzene rings is 1. The van der Waals surface area contributed by atoms with E-state index in [1.54, 1.807) is 0 Å². The van der Waals surface area contributed by atoms with Gasteiger partial charge in [0, 0.05) is 19.6 Å². The van der Waals surface area contributed by atoms with Crippen molar-refractivity contribution < 1.29 is 17.9 Å². The zero-order valence-electron chi connectivity index (χ0n) is 11.6. The number of sulfonamides is 1. The molecule has 0 spiro atoms. The summed E-state index contributed by atoms with van der Waals surface area (Å²) in [6.45, 7) is 0.734. The van der Waals surface area contributed by atoms with Crippen LogP contribution in [0.15, 0.2) is 29.2 Å². The van der Waals surface area contributed by atoms with Crippen molar-refractivity contribution in [1.29, 1.82) is 0 Å². The second kappa shape index (κ2) is 5.40. The molecular formula is C13H19FN2O3S. The Morgan fingerprint density at radius 2 is 1.95 bits per heavy atom. The first kappa shape index (κ1) is 15.4. The van der Waals surface area contributed by atoms with E-state index in [2.05, 4.69) is 0 Å². The first-order valence-corrected chi connectivity index (χ1v) is 7.80. The minimum absolute atomic E-state index is 0.0491. The summed E-state index contributed by atoms with van der Waals surface area (Å²) in [7, 11) is -0.0172. The molecule has 0 aliphatic carbocycles. The van der Waals surface area contributed by atoms with Crippen LogP contribution in [0.4, 0.5) is 4.39 Å². The van der Waals surface area contributed by atoms with Gasteiger partial charge in [0.2, 0.25) is 10.0 Å². The highest BCUT2D eigenvalue weighted by atomic mass is 32.2. The zero-order chi connectivity index (χ0) is 15.0. The van der Waals surface area contributed by atoms with E-state index in [-0.39, 0.29) is 18.0 Å². The molecule has 5 nitrogen and oxygen atoms in total. The van der Waals surface area contributed by atoms with E-state index >= 15 is 0 Å². The van der Waals surface area contributed by atoms with E-state index in [0.29, 0.717) is 13.0 Å². The summed E-state index contributed by atoms with van der Waals surface area (Å²) in [6, 6.07) is 4.73. The van der Waals surface area contributed by atoms with Crippen LogP contribution < -0.4 is 0 Å². The van der Waals surface area contributed by atoms with Crippen LogP contribution in [0, 0.1) is 5.82 Å². The molecule has 1 aliphatic heterocycles. The van der Waals surface area contributed by atoms with Gasteiger partial charge in [-0.2, -0.15) is 4.31 Å². The Balaban J connectivity index is 2.18. The lowest BCUT2D eigenvalue weighted by atomic mass is 10.0. The third-order valence-corrected chi connectivity index (χ3v) is 5.22. The Morgan fingerprint density at radius 1 is 1.35 bits per heavy atom. The van der Waals surface area contributed by atoms with Gasteiger partial charge in [-0.1, -0.05) is 0 Å². The SMILES string of the molecule is CN(C)CC1(O)CCN(S(=O)(=O)c2ccc(F)cc2)C1. The van der Waals surface area contributed by atoms with Crippen molar-refractivity contribution in [3.63, 3.8) is 0 Å². The average molecular weight is 302 g/mol. The van der Waals surface area contributed by atoms with Crippen LogP contribution in [0.5, 0.6) is 0 Å². The van der Waals surface area contributed by atoms with Crippen LogP contribution in [0.1, 0.15) is 6.42 Å². The fourth-order valence-electron chi connectivity index (χ4n) is 2.50. The summed E-state index contributed by atoms with van der Waals surface area (Å²) in [5.74, 6) is -0.477.